The van der Waals surface area contributed by atoms with Gasteiger partial charge in [0.1, 0.15) is 6.10 Å². The number of halogens is 2. The molecule has 0 amide bonds. The zero-order valence-corrected chi connectivity index (χ0v) is 10.7. The summed E-state index contributed by atoms with van der Waals surface area (Å²) in [6.45, 7) is 1.66. The van der Waals surface area contributed by atoms with Crippen LogP contribution in [-0.4, -0.2) is 26.4 Å². The number of rotatable bonds is 2. The van der Waals surface area contributed by atoms with E-state index in [9.17, 15) is 0 Å². The molecule has 5 heteroatoms. The van der Waals surface area contributed by atoms with Crippen LogP contribution in [0.3, 0.4) is 0 Å². The third-order valence-corrected chi connectivity index (χ3v) is 0.755. The topological polar surface area (TPSA) is 21.8 Å². The molecule has 9 heavy (non-hydrogen) atoms. The zero-order valence-electron chi connectivity index (χ0n) is 5.01. The molecule has 0 aromatic heterocycles. The molecular weight excluding hydrogens is 385 g/mol. The molecule has 1 rings (SSSR count). The third kappa shape index (κ3) is 9.96. The Labute approximate surface area is 84.3 Å². The van der Waals surface area contributed by atoms with Crippen molar-refractivity contribution in [3.05, 3.63) is 0 Å². The molecule has 1 atom stereocenters. The molecule has 0 saturated carbocycles. The van der Waals surface area contributed by atoms with Crippen molar-refractivity contribution in [3.63, 3.8) is 0 Å². The number of epoxide rings is 1. The van der Waals surface area contributed by atoms with E-state index in [1.165, 1.54) is 0 Å². The van der Waals surface area contributed by atoms with Gasteiger partial charge in [-0.15, -0.1) is 0 Å². The number of methoxy groups -OCH3 is 1. The van der Waals surface area contributed by atoms with Gasteiger partial charge >= 0.3 is 49.4 Å². The molecule has 1 unspecified atom stereocenters. The molecule has 1 fully saturated rings. The van der Waals surface area contributed by atoms with E-state index in [2.05, 4.69) is 40.0 Å². The minimum atomic E-state index is 0.426. The van der Waals surface area contributed by atoms with Gasteiger partial charge in [-0.3, -0.25) is 0 Å². The molecule has 1 saturated heterocycles. The molecule has 0 spiro atoms. The van der Waals surface area contributed by atoms with Crippen LogP contribution in [0.15, 0.2) is 0 Å². The van der Waals surface area contributed by atoms with E-state index >= 15 is 0 Å². The van der Waals surface area contributed by atoms with Crippen LogP contribution in [0.2, 0.25) is 0 Å². The van der Waals surface area contributed by atoms with Crippen LogP contribution in [0, 0.1) is 0 Å². The predicted molar refractivity (Wildman–Crippen MR) is 49.7 cm³/mol. The van der Waals surface area contributed by atoms with E-state index in [1.807, 2.05) is 0 Å². The fraction of sp³-hybridized carbons (Fsp3) is 1.00. The van der Waals surface area contributed by atoms with Crippen molar-refractivity contribution < 1.29 is 18.9 Å². The fourth-order valence-corrected chi connectivity index (χ4v) is 0.350. The van der Waals surface area contributed by atoms with Crippen LogP contribution in [0.5, 0.6) is 0 Å². The van der Waals surface area contributed by atoms with Crippen molar-refractivity contribution in [1.29, 1.82) is 0 Å². The van der Waals surface area contributed by atoms with Crippen molar-refractivity contribution in [2.24, 2.45) is 0 Å². The summed E-state index contributed by atoms with van der Waals surface area (Å²) in [5, 5.41) is 0. The van der Waals surface area contributed by atoms with E-state index < -0.39 is 0 Å². The van der Waals surface area contributed by atoms with Crippen molar-refractivity contribution in [2.45, 2.75) is 6.10 Å². The van der Waals surface area contributed by atoms with Crippen LogP contribution < -0.4 is 0 Å². The van der Waals surface area contributed by atoms with Gasteiger partial charge in [-0.25, -0.2) is 0 Å². The Balaban J connectivity index is 0.000000187. The second-order valence-corrected chi connectivity index (χ2v) is 13.3. The van der Waals surface area contributed by atoms with Gasteiger partial charge in [0.2, 0.25) is 0 Å². The number of ether oxygens (including phenoxy) is 2. The van der Waals surface area contributed by atoms with E-state index in [0.29, 0.717) is 15.6 Å². The second-order valence-electron chi connectivity index (χ2n) is 1.47. The Hall–Kier alpha value is 1.96. The predicted octanol–water partition coefficient (Wildman–Crippen LogP) is 1.80. The summed E-state index contributed by atoms with van der Waals surface area (Å²) < 4.78 is 9.56. The normalized spacial score (nSPS) is 21.9. The molecule has 0 aromatic carbocycles. The van der Waals surface area contributed by atoms with Gasteiger partial charge < -0.3 is 9.47 Å². The third-order valence-electron chi connectivity index (χ3n) is 0.755. The number of hydrogen-bond acceptors (Lipinski definition) is 2. The van der Waals surface area contributed by atoms with E-state index in [4.69, 9.17) is 9.47 Å². The number of hydrogen-bond donors (Lipinski definition) is 0. The van der Waals surface area contributed by atoms with E-state index in [0.717, 1.165) is 13.2 Å². The summed E-state index contributed by atoms with van der Waals surface area (Å²) in [5.74, 6) is 0. The first-order valence-corrected chi connectivity index (χ1v) is 11.4. The molecule has 2 nitrogen and oxygen atoms in total. The van der Waals surface area contributed by atoms with Gasteiger partial charge in [-0.05, 0) is 0 Å². The van der Waals surface area contributed by atoms with E-state index in [-0.39, 0.29) is 0 Å². The van der Waals surface area contributed by atoms with Gasteiger partial charge in [0, 0.05) is 7.11 Å². The Morgan fingerprint density at radius 2 is 2.22 bits per heavy atom. The Morgan fingerprint density at radius 3 is 2.33 bits per heavy atom. The molecule has 0 aromatic rings. The second kappa shape index (κ2) is 8.06. The standard InChI is InChI=1S/C4H8O2.2HI.V/c1-5-2-4-3-6-4;;;/h4H,2-3H2,1H3;2*1H;/q;;;+2/p-2. The summed E-state index contributed by atoms with van der Waals surface area (Å²) in [7, 11) is 2.31. The maximum absolute atomic E-state index is 4.82. The average molecular weight is 393 g/mol. The maximum atomic E-state index is 4.82. The molecular formula is C4H8I2O2V. The monoisotopic (exact) mass is 393 g/mol. The van der Waals surface area contributed by atoms with Gasteiger partial charge in [0.05, 0.1) is 13.2 Å². The van der Waals surface area contributed by atoms with Gasteiger partial charge in [0.15, 0.2) is 0 Å². The van der Waals surface area contributed by atoms with Crippen molar-refractivity contribution in [2.75, 3.05) is 20.3 Å². The molecule has 0 N–H and O–H groups in total. The SMILES string of the molecule is COCC1CO1.[I][V][I]. The molecule has 0 radical (unpaired) electrons. The fourth-order valence-electron chi connectivity index (χ4n) is 0.350. The van der Waals surface area contributed by atoms with Crippen LogP contribution in [-0.2, 0) is 18.9 Å². The summed E-state index contributed by atoms with van der Waals surface area (Å²) in [5.41, 5.74) is 0. The van der Waals surface area contributed by atoms with Crippen LogP contribution >= 0.6 is 40.0 Å². The van der Waals surface area contributed by atoms with Crippen LogP contribution in [0.1, 0.15) is 0 Å². The molecule has 55 valence electrons. The first kappa shape index (κ1) is 11.0. The molecule has 1 aliphatic rings. The summed E-state index contributed by atoms with van der Waals surface area (Å²) >= 11 is 4.74. The van der Waals surface area contributed by atoms with Gasteiger partial charge in [-0.1, -0.05) is 0 Å². The molecule has 0 bridgehead atoms. The van der Waals surface area contributed by atoms with E-state index in [1.54, 1.807) is 7.11 Å². The van der Waals surface area contributed by atoms with Crippen molar-refractivity contribution in [1.82, 2.24) is 0 Å². The van der Waals surface area contributed by atoms with Crippen LogP contribution in [0.25, 0.3) is 0 Å². The van der Waals surface area contributed by atoms with Crippen LogP contribution in [0.4, 0.5) is 0 Å². The van der Waals surface area contributed by atoms with Crippen molar-refractivity contribution in [3.8, 4) is 0 Å². The van der Waals surface area contributed by atoms with Gasteiger partial charge in [0.25, 0.3) is 0 Å². The van der Waals surface area contributed by atoms with Gasteiger partial charge in [-0.2, -0.15) is 0 Å². The summed E-state index contributed by atoms with van der Waals surface area (Å²) in [6, 6.07) is 0. The molecule has 1 heterocycles. The molecule has 1 aliphatic heterocycles. The quantitative estimate of drug-likeness (QED) is 0.528. The Kier molecular flexibility index (Phi) is 9.83. The summed E-state index contributed by atoms with van der Waals surface area (Å²) in [4.78, 5) is 0. The average Bonchev–Trinajstić information content (AvgIpc) is 2.53. The first-order valence-electron chi connectivity index (χ1n) is 2.38. The zero-order chi connectivity index (χ0) is 7.11. The van der Waals surface area contributed by atoms with Crippen molar-refractivity contribution >= 4 is 40.0 Å². The molecule has 0 aliphatic carbocycles. The first-order chi connectivity index (χ1) is 4.35. The Bertz CT molecular complexity index is 60.5. The summed E-state index contributed by atoms with van der Waals surface area (Å²) in [6.07, 6.45) is 0.426. The minimum absolute atomic E-state index is 0.426. The Morgan fingerprint density at radius 1 is 1.78 bits per heavy atom.